The molecule has 0 saturated heterocycles. The van der Waals surface area contributed by atoms with E-state index in [9.17, 15) is 14.9 Å². The van der Waals surface area contributed by atoms with Crippen LogP contribution in [0.4, 0.5) is 5.69 Å². The summed E-state index contributed by atoms with van der Waals surface area (Å²) in [6, 6.07) is 7.15. The summed E-state index contributed by atoms with van der Waals surface area (Å²) < 4.78 is 5.54. The fraction of sp³-hybridized carbons (Fsp3) is 0.400. The number of carbonyl (C=O) groups excluding carboxylic acids is 2. The van der Waals surface area contributed by atoms with Crippen molar-refractivity contribution < 1.29 is 14.3 Å². The molecule has 108 valence electrons. The number of amides is 2. The predicted molar refractivity (Wildman–Crippen MR) is 74.8 cm³/mol. The summed E-state index contributed by atoms with van der Waals surface area (Å²) in [5.74, 6) is -0.237. The van der Waals surface area contributed by atoms with Gasteiger partial charge >= 0.3 is 0 Å². The standard InChI is InChI=1S/C15H15N3O3/c1-9-13(19)17-11-5-2-4-10(12(11)21-9)14(20)18-15(8-16)6-3-7-15/h2,4-5,9H,3,6-7H2,1H3,(H,17,19)(H,18,20)/t9-/m1/s1. The molecule has 1 atom stereocenters. The number of benzene rings is 1. The Morgan fingerprint density at radius 3 is 2.90 bits per heavy atom. The number of anilines is 1. The zero-order valence-corrected chi connectivity index (χ0v) is 11.6. The lowest BCUT2D eigenvalue weighted by atomic mass is 9.78. The molecule has 1 aliphatic carbocycles. The Morgan fingerprint density at radius 1 is 1.52 bits per heavy atom. The molecule has 1 aromatic rings. The van der Waals surface area contributed by atoms with Crippen LogP contribution in [0, 0.1) is 11.3 Å². The van der Waals surface area contributed by atoms with Crippen molar-refractivity contribution in [2.24, 2.45) is 0 Å². The van der Waals surface area contributed by atoms with Crippen molar-refractivity contribution in [1.82, 2.24) is 5.32 Å². The molecule has 0 spiro atoms. The van der Waals surface area contributed by atoms with Gasteiger partial charge in [-0.1, -0.05) is 6.07 Å². The molecule has 1 aliphatic heterocycles. The fourth-order valence-corrected chi connectivity index (χ4v) is 2.49. The molecule has 1 aromatic carbocycles. The second-order valence-electron chi connectivity index (χ2n) is 5.43. The summed E-state index contributed by atoms with van der Waals surface area (Å²) >= 11 is 0. The van der Waals surface area contributed by atoms with Gasteiger partial charge in [-0.15, -0.1) is 0 Å². The molecule has 1 heterocycles. The molecule has 2 N–H and O–H groups in total. The Balaban J connectivity index is 1.90. The van der Waals surface area contributed by atoms with Crippen molar-refractivity contribution in [2.75, 3.05) is 5.32 Å². The van der Waals surface area contributed by atoms with Crippen molar-refractivity contribution in [3.05, 3.63) is 23.8 Å². The molecule has 0 aromatic heterocycles. The van der Waals surface area contributed by atoms with Crippen LogP contribution in [0.5, 0.6) is 5.75 Å². The molecule has 0 radical (unpaired) electrons. The largest absolute Gasteiger partial charge is 0.478 e. The second kappa shape index (κ2) is 4.77. The minimum absolute atomic E-state index is 0.243. The van der Waals surface area contributed by atoms with Crippen molar-refractivity contribution >= 4 is 17.5 Å². The zero-order chi connectivity index (χ0) is 15.0. The number of carbonyl (C=O) groups is 2. The zero-order valence-electron chi connectivity index (χ0n) is 11.6. The van der Waals surface area contributed by atoms with Gasteiger partial charge in [-0.2, -0.15) is 5.26 Å². The van der Waals surface area contributed by atoms with E-state index in [0.29, 0.717) is 29.8 Å². The average Bonchev–Trinajstić information content (AvgIpc) is 2.43. The molecular formula is C15H15N3O3. The topological polar surface area (TPSA) is 91.2 Å². The number of hydrogen-bond donors (Lipinski definition) is 2. The van der Waals surface area contributed by atoms with E-state index >= 15 is 0 Å². The predicted octanol–water partition coefficient (Wildman–Crippen LogP) is 1.58. The Hall–Kier alpha value is -2.55. The Bertz CT molecular complexity index is 659. The molecule has 0 unspecified atom stereocenters. The third kappa shape index (κ3) is 2.21. The highest BCUT2D eigenvalue weighted by Crippen LogP contribution is 2.35. The lowest BCUT2D eigenvalue weighted by Crippen LogP contribution is -2.52. The van der Waals surface area contributed by atoms with Crippen LogP contribution < -0.4 is 15.4 Å². The molecule has 1 saturated carbocycles. The van der Waals surface area contributed by atoms with Gasteiger partial charge in [0.05, 0.1) is 17.3 Å². The first-order valence-electron chi connectivity index (χ1n) is 6.89. The summed E-state index contributed by atoms with van der Waals surface area (Å²) in [6.07, 6.45) is 1.61. The Morgan fingerprint density at radius 2 is 2.29 bits per heavy atom. The first kappa shape index (κ1) is 13.4. The van der Waals surface area contributed by atoms with Crippen molar-refractivity contribution in [3.63, 3.8) is 0 Å². The number of rotatable bonds is 2. The van der Waals surface area contributed by atoms with Crippen LogP contribution in [-0.2, 0) is 4.79 Å². The maximum Gasteiger partial charge on any atom is 0.265 e. The average molecular weight is 285 g/mol. The first-order chi connectivity index (χ1) is 10.0. The van der Waals surface area contributed by atoms with Gasteiger partial charge in [-0.3, -0.25) is 9.59 Å². The fourth-order valence-electron chi connectivity index (χ4n) is 2.49. The molecule has 6 nitrogen and oxygen atoms in total. The molecule has 2 aliphatic rings. The second-order valence-corrected chi connectivity index (χ2v) is 5.43. The minimum Gasteiger partial charge on any atom is -0.478 e. The molecular weight excluding hydrogens is 270 g/mol. The van der Waals surface area contributed by atoms with Crippen molar-refractivity contribution in [2.45, 2.75) is 37.8 Å². The van der Waals surface area contributed by atoms with E-state index in [1.54, 1.807) is 25.1 Å². The van der Waals surface area contributed by atoms with Crippen LogP contribution in [0.25, 0.3) is 0 Å². The number of fused-ring (bicyclic) bond motifs is 1. The van der Waals surface area contributed by atoms with Crippen molar-refractivity contribution in [1.29, 1.82) is 5.26 Å². The summed E-state index contributed by atoms with van der Waals surface area (Å²) in [7, 11) is 0. The number of nitrogens with one attached hydrogen (secondary N) is 2. The number of nitrogens with zero attached hydrogens (tertiary/aromatic N) is 1. The van der Waals surface area contributed by atoms with E-state index in [2.05, 4.69) is 16.7 Å². The quantitative estimate of drug-likeness (QED) is 0.863. The van der Waals surface area contributed by atoms with Gasteiger partial charge < -0.3 is 15.4 Å². The summed E-state index contributed by atoms with van der Waals surface area (Å²) in [5, 5.41) is 14.7. The number of hydrogen-bond acceptors (Lipinski definition) is 4. The van der Waals surface area contributed by atoms with Crippen LogP contribution in [0.3, 0.4) is 0 Å². The van der Waals surface area contributed by atoms with E-state index in [4.69, 9.17) is 4.74 Å². The van der Waals surface area contributed by atoms with Crippen LogP contribution >= 0.6 is 0 Å². The van der Waals surface area contributed by atoms with Crippen LogP contribution in [0.15, 0.2) is 18.2 Å². The number of nitriles is 1. The third-order valence-corrected chi connectivity index (χ3v) is 3.96. The highest BCUT2D eigenvalue weighted by atomic mass is 16.5. The molecule has 1 fully saturated rings. The van der Waals surface area contributed by atoms with Gasteiger partial charge in [0.15, 0.2) is 11.9 Å². The van der Waals surface area contributed by atoms with Crippen LogP contribution in [0.1, 0.15) is 36.5 Å². The molecule has 21 heavy (non-hydrogen) atoms. The summed E-state index contributed by atoms with van der Waals surface area (Å²) in [6.45, 7) is 1.62. The highest BCUT2D eigenvalue weighted by Gasteiger charge is 2.39. The Labute approximate surface area is 122 Å². The van der Waals surface area contributed by atoms with E-state index in [0.717, 1.165) is 6.42 Å². The van der Waals surface area contributed by atoms with E-state index in [-0.39, 0.29) is 11.8 Å². The van der Waals surface area contributed by atoms with E-state index in [1.807, 2.05) is 0 Å². The highest BCUT2D eigenvalue weighted by molar-refractivity contribution is 6.04. The lowest BCUT2D eigenvalue weighted by Gasteiger charge is -2.36. The SMILES string of the molecule is C[C@H]1Oc2c(cccc2C(=O)NC2(C#N)CCC2)NC1=O. The van der Waals surface area contributed by atoms with Gasteiger partial charge in [0.1, 0.15) is 5.54 Å². The molecule has 2 amide bonds. The van der Waals surface area contributed by atoms with Crippen LogP contribution in [0.2, 0.25) is 0 Å². The summed E-state index contributed by atoms with van der Waals surface area (Å²) in [5.41, 5.74) is 0.0508. The molecule has 6 heteroatoms. The van der Waals surface area contributed by atoms with Gasteiger partial charge in [-0.05, 0) is 38.3 Å². The summed E-state index contributed by atoms with van der Waals surface area (Å²) in [4.78, 5) is 24.0. The number of ether oxygens (including phenoxy) is 1. The van der Waals surface area contributed by atoms with E-state index < -0.39 is 11.6 Å². The van der Waals surface area contributed by atoms with E-state index in [1.165, 1.54) is 0 Å². The third-order valence-electron chi connectivity index (χ3n) is 3.96. The van der Waals surface area contributed by atoms with Crippen molar-refractivity contribution in [3.8, 4) is 11.8 Å². The normalized spacial score (nSPS) is 21.9. The van der Waals surface area contributed by atoms with Gasteiger partial charge in [-0.25, -0.2) is 0 Å². The first-order valence-corrected chi connectivity index (χ1v) is 6.89. The minimum atomic E-state index is -0.761. The smallest absolute Gasteiger partial charge is 0.265 e. The van der Waals surface area contributed by atoms with Gasteiger partial charge in [0.2, 0.25) is 0 Å². The maximum absolute atomic E-state index is 12.4. The lowest BCUT2D eigenvalue weighted by molar-refractivity contribution is -0.122. The monoisotopic (exact) mass is 285 g/mol. The molecule has 0 bridgehead atoms. The van der Waals surface area contributed by atoms with Crippen LogP contribution in [-0.4, -0.2) is 23.5 Å². The van der Waals surface area contributed by atoms with Gasteiger partial charge in [0.25, 0.3) is 11.8 Å². The maximum atomic E-state index is 12.4. The van der Waals surface area contributed by atoms with Gasteiger partial charge in [0, 0.05) is 0 Å². The number of para-hydroxylation sites is 1. The molecule has 3 rings (SSSR count). The Kier molecular flexibility index (Phi) is 3.05.